The Kier molecular flexibility index (Phi) is 5.22. The van der Waals surface area contributed by atoms with Gasteiger partial charge in [-0.05, 0) is 43.4 Å². The summed E-state index contributed by atoms with van der Waals surface area (Å²) in [6.07, 6.45) is 1.26. The van der Waals surface area contributed by atoms with E-state index in [0.717, 1.165) is 6.54 Å². The summed E-state index contributed by atoms with van der Waals surface area (Å²) in [6, 6.07) is 10.5. The van der Waals surface area contributed by atoms with Crippen LogP contribution in [0.5, 0.6) is 0 Å². The maximum atomic E-state index is 3.46. The highest BCUT2D eigenvalue weighted by Crippen LogP contribution is 2.25. The number of rotatable bonds is 4. The summed E-state index contributed by atoms with van der Waals surface area (Å²) in [7, 11) is 2.09. The molecule has 112 valence electrons. The molecule has 3 atom stereocenters. The molecule has 1 saturated heterocycles. The maximum Gasteiger partial charge on any atom is 0.0236 e. The Morgan fingerprint density at radius 3 is 2.40 bits per heavy atom. The van der Waals surface area contributed by atoms with Gasteiger partial charge in [-0.15, -0.1) is 0 Å². The third kappa shape index (κ3) is 3.42. The molecule has 2 rings (SSSR count). The van der Waals surface area contributed by atoms with Crippen LogP contribution in [0.2, 0.25) is 0 Å². The van der Waals surface area contributed by atoms with E-state index in [9.17, 15) is 0 Å². The zero-order valence-electron chi connectivity index (χ0n) is 13.7. The fraction of sp³-hybridized carbons (Fsp3) is 0.667. The van der Waals surface area contributed by atoms with Crippen LogP contribution < -0.4 is 5.32 Å². The van der Waals surface area contributed by atoms with Crippen LogP contribution in [0.15, 0.2) is 24.3 Å². The van der Waals surface area contributed by atoms with E-state index in [1.807, 2.05) is 0 Å². The second-order valence-electron chi connectivity index (χ2n) is 6.65. The van der Waals surface area contributed by atoms with Crippen LogP contribution in [0.1, 0.15) is 51.2 Å². The highest BCUT2D eigenvalue weighted by atomic mass is 15.2. The quantitative estimate of drug-likeness (QED) is 0.902. The predicted molar refractivity (Wildman–Crippen MR) is 87.0 cm³/mol. The number of nitrogens with one attached hydrogen (secondary N) is 1. The molecule has 1 heterocycles. The first kappa shape index (κ1) is 15.5. The van der Waals surface area contributed by atoms with Crippen molar-refractivity contribution in [3.8, 4) is 0 Å². The number of nitrogens with zero attached hydrogens (tertiary/aromatic N) is 1. The molecule has 2 heteroatoms. The van der Waals surface area contributed by atoms with Crippen molar-refractivity contribution >= 4 is 0 Å². The van der Waals surface area contributed by atoms with Crippen molar-refractivity contribution in [3.63, 3.8) is 0 Å². The van der Waals surface area contributed by atoms with Crippen molar-refractivity contribution in [1.29, 1.82) is 0 Å². The summed E-state index contributed by atoms with van der Waals surface area (Å²) in [5, 5.41) is 3.46. The first-order valence-corrected chi connectivity index (χ1v) is 8.03. The lowest BCUT2D eigenvalue weighted by molar-refractivity contribution is 0.0811. The van der Waals surface area contributed by atoms with Crippen LogP contribution in [0.25, 0.3) is 0 Å². The molecule has 0 amide bonds. The van der Waals surface area contributed by atoms with E-state index in [1.54, 1.807) is 0 Å². The molecule has 3 unspecified atom stereocenters. The molecule has 0 spiro atoms. The zero-order chi connectivity index (χ0) is 14.7. The SMILES string of the molecule is CNC1CCN(Cc2ccc(C(C)C)cc2)C(C)C1C. The Labute approximate surface area is 124 Å². The van der Waals surface area contributed by atoms with Crippen molar-refractivity contribution in [2.75, 3.05) is 13.6 Å². The fourth-order valence-electron chi connectivity index (χ4n) is 3.31. The molecule has 0 bridgehead atoms. The third-order valence-electron chi connectivity index (χ3n) is 5.10. The lowest BCUT2D eigenvalue weighted by Crippen LogP contribution is -2.52. The fourth-order valence-corrected chi connectivity index (χ4v) is 3.31. The van der Waals surface area contributed by atoms with E-state index in [-0.39, 0.29) is 0 Å². The second-order valence-corrected chi connectivity index (χ2v) is 6.65. The molecule has 1 aromatic rings. The Morgan fingerprint density at radius 2 is 1.85 bits per heavy atom. The van der Waals surface area contributed by atoms with Crippen LogP contribution in [0.4, 0.5) is 0 Å². The monoisotopic (exact) mass is 274 g/mol. The molecule has 2 nitrogen and oxygen atoms in total. The van der Waals surface area contributed by atoms with Crippen molar-refractivity contribution in [2.24, 2.45) is 5.92 Å². The molecule has 0 aliphatic carbocycles. The summed E-state index contributed by atoms with van der Waals surface area (Å²) in [5.74, 6) is 1.33. The molecule has 1 aliphatic rings. The van der Waals surface area contributed by atoms with E-state index < -0.39 is 0 Å². The average Bonchev–Trinajstić information content (AvgIpc) is 2.45. The van der Waals surface area contributed by atoms with E-state index in [2.05, 4.69) is 69.2 Å². The molecule has 0 saturated carbocycles. The van der Waals surface area contributed by atoms with Gasteiger partial charge < -0.3 is 5.32 Å². The number of hydrogen-bond acceptors (Lipinski definition) is 2. The molecular formula is C18H30N2. The first-order valence-electron chi connectivity index (χ1n) is 8.03. The van der Waals surface area contributed by atoms with E-state index in [4.69, 9.17) is 0 Å². The van der Waals surface area contributed by atoms with Crippen molar-refractivity contribution < 1.29 is 0 Å². The van der Waals surface area contributed by atoms with Gasteiger partial charge in [0.15, 0.2) is 0 Å². The van der Waals surface area contributed by atoms with Crippen LogP contribution in [-0.2, 0) is 6.54 Å². The van der Waals surface area contributed by atoms with Gasteiger partial charge in [0.25, 0.3) is 0 Å². The molecule has 0 aromatic heterocycles. The topological polar surface area (TPSA) is 15.3 Å². The van der Waals surface area contributed by atoms with Gasteiger partial charge in [-0.25, -0.2) is 0 Å². The third-order valence-corrected chi connectivity index (χ3v) is 5.10. The molecule has 1 aromatic carbocycles. The minimum Gasteiger partial charge on any atom is -0.317 e. The summed E-state index contributed by atoms with van der Waals surface area (Å²) < 4.78 is 0. The molecule has 1 fully saturated rings. The summed E-state index contributed by atoms with van der Waals surface area (Å²) in [4.78, 5) is 2.63. The number of benzene rings is 1. The lowest BCUT2D eigenvalue weighted by Gasteiger charge is -2.42. The van der Waals surface area contributed by atoms with Gasteiger partial charge in [-0.2, -0.15) is 0 Å². The Morgan fingerprint density at radius 1 is 1.20 bits per heavy atom. The van der Waals surface area contributed by atoms with Crippen molar-refractivity contribution in [3.05, 3.63) is 35.4 Å². The average molecular weight is 274 g/mol. The number of likely N-dealkylation sites (tertiary alicyclic amines) is 1. The van der Waals surface area contributed by atoms with Crippen molar-refractivity contribution in [1.82, 2.24) is 10.2 Å². The Bertz CT molecular complexity index is 410. The van der Waals surface area contributed by atoms with Crippen LogP contribution in [-0.4, -0.2) is 30.6 Å². The van der Waals surface area contributed by atoms with Crippen LogP contribution >= 0.6 is 0 Å². The van der Waals surface area contributed by atoms with Crippen LogP contribution in [0.3, 0.4) is 0 Å². The molecule has 0 radical (unpaired) electrons. The second kappa shape index (κ2) is 6.73. The highest BCUT2D eigenvalue weighted by molar-refractivity contribution is 5.24. The van der Waals surface area contributed by atoms with E-state index >= 15 is 0 Å². The summed E-state index contributed by atoms with van der Waals surface area (Å²) >= 11 is 0. The molecule has 20 heavy (non-hydrogen) atoms. The van der Waals surface area contributed by atoms with Gasteiger partial charge in [0.05, 0.1) is 0 Å². The Balaban J connectivity index is 1.99. The zero-order valence-corrected chi connectivity index (χ0v) is 13.7. The maximum absolute atomic E-state index is 3.46. The summed E-state index contributed by atoms with van der Waals surface area (Å²) in [6.45, 7) is 11.5. The molecular weight excluding hydrogens is 244 g/mol. The van der Waals surface area contributed by atoms with Crippen molar-refractivity contribution in [2.45, 2.75) is 58.7 Å². The van der Waals surface area contributed by atoms with E-state index in [1.165, 1.54) is 24.1 Å². The van der Waals surface area contributed by atoms with Gasteiger partial charge in [0.1, 0.15) is 0 Å². The van der Waals surface area contributed by atoms with Crippen LogP contribution in [0, 0.1) is 5.92 Å². The first-order chi connectivity index (χ1) is 9.52. The van der Waals surface area contributed by atoms with Gasteiger partial charge in [0.2, 0.25) is 0 Å². The highest BCUT2D eigenvalue weighted by Gasteiger charge is 2.31. The van der Waals surface area contributed by atoms with Gasteiger partial charge >= 0.3 is 0 Å². The van der Waals surface area contributed by atoms with Gasteiger partial charge in [0, 0.05) is 25.2 Å². The smallest absolute Gasteiger partial charge is 0.0236 e. The normalized spacial score (nSPS) is 28.0. The summed E-state index contributed by atoms with van der Waals surface area (Å²) in [5.41, 5.74) is 2.88. The Hall–Kier alpha value is -0.860. The molecule has 1 aliphatic heterocycles. The number of piperidine rings is 1. The number of hydrogen-bond donors (Lipinski definition) is 1. The largest absolute Gasteiger partial charge is 0.317 e. The molecule has 1 N–H and O–H groups in total. The predicted octanol–water partition coefficient (Wildman–Crippen LogP) is 3.63. The van der Waals surface area contributed by atoms with Gasteiger partial charge in [-0.1, -0.05) is 45.0 Å². The minimum atomic E-state index is 0.620. The van der Waals surface area contributed by atoms with E-state index in [0.29, 0.717) is 23.9 Å². The minimum absolute atomic E-state index is 0.620. The standard InChI is InChI=1S/C18H30N2/c1-13(2)17-8-6-16(7-9-17)12-20-11-10-18(19-5)14(3)15(20)4/h6-9,13-15,18-19H,10-12H2,1-5H3. The lowest BCUT2D eigenvalue weighted by atomic mass is 9.87. The van der Waals surface area contributed by atoms with Gasteiger partial charge in [-0.3, -0.25) is 4.90 Å².